The second-order valence-corrected chi connectivity index (χ2v) is 4.00. The summed E-state index contributed by atoms with van der Waals surface area (Å²) in [6.45, 7) is 1.58. The summed E-state index contributed by atoms with van der Waals surface area (Å²) in [5.41, 5.74) is 5.59. The molecule has 0 aliphatic carbocycles. The van der Waals surface area contributed by atoms with E-state index in [2.05, 4.69) is 31.2 Å². The minimum atomic E-state index is -0.0246. The molecule has 0 atom stereocenters. The van der Waals surface area contributed by atoms with Crippen LogP contribution in [0, 0.1) is 0 Å². The van der Waals surface area contributed by atoms with Crippen LogP contribution in [0.25, 0.3) is 0 Å². The highest BCUT2D eigenvalue weighted by atomic mass is 79.9. The van der Waals surface area contributed by atoms with Gasteiger partial charge in [-0.2, -0.15) is 4.98 Å². The van der Waals surface area contributed by atoms with Gasteiger partial charge in [-0.25, -0.2) is 4.98 Å². The monoisotopic (exact) mass is 271 g/mol. The first-order valence-corrected chi connectivity index (χ1v) is 5.26. The maximum Gasteiger partial charge on any atom is 0.239 e. The summed E-state index contributed by atoms with van der Waals surface area (Å²) in [4.78, 5) is 21.2. The molecule has 15 heavy (non-hydrogen) atoms. The summed E-state index contributed by atoms with van der Waals surface area (Å²) >= 11 is 3.24. The maximum absolute atomic E-state index is 11.2. The summed E-state index contributed by atoms with van der Waals surface area (Å²) in [5, 5.41) is 2.73. The summed E-state index contributed by atoms with van der Waals surface area (Å²) in [6.07, 6.45) is 0. The van der Waals surface area contributed by atoms with Gasteiger partial charge in [-0.05, 0) is 15.9 Å². The van der Waals surface area contributed by atoms with Crippen molar-refractivity contribution in [1.29, 1.82) is 0 Å². The quantitative estimate of drug-likeness (QED) is 0.689. The van der Waals surface area contributed by atoms with Gasteiger partial charge in [0.1, 0.15) is 10.4 Å². The zero-order valence-corrected chi connectivity index (χ0v) is 9.49. The number of piperazine rings is 1. The lowest BCUT2D eigenvalue weighted by molar-refractivity contribution is -0.120. The number of hydrogen-bond donors (Lipinski definition) is 2. The lowest BCUT2D eigenvalue weighted by Gasteiger charge is -2.26. The van der Waals surface area contributed by atoms with E-state index in [4.69, 9.17) is 5.73 Å². The first kappa shape index (κ1) is 10.2. The zero-order valence-electron chi connectivity index (χ0n) is 7.90. The van der Waals surface area contributed by atoms with Crippen LogP contribution < -0.4 is 16.0 Å². The van der Waals surface area contributed by atoms with Crippen LogP contribution in [0.2, 0.25) is 0 Å². The van der Waals surface area contributed by atoms with E-state index in [0.29, 0.717) is 29.5 Å². The van der Waals surface area contributed by atoms with Crippen LogP contribution in [-0.4, -0.2) is 35.5 Å². The molecule has 1 amide bonds. The number of carbonyl (C=O) groups excluding carboxylic acids is 1. The van der Waals surface area contributed by atoms with Crippen molar-refractivity contribution in [3.8, 4) is 0 Å². The van der Waals surface area contributed by atoms with Gasteiger partial charge in [0.05, 0.1) is 6.54 Å². The van der Waals surface area contributed by atoms with Crippen molar-refractivity contribution in [2.75, 3.05) is 30.3 Å². The van der Waals surface area contributed by atoms with Gasteiger partial charge in [-0.1, -0.05) is 0 Å². The molecule has 0 bridgehead atoms. The number of anilines is 2. The molecule has 1 fully saturated rings. The van der Waals surface area contributed by atoms with Gasteiger partial charge < -0.3 is 16.0 Å². The lowest BCUT2D eigenvalue weighted by Crippen LogP contribution is -2.48. The molecule has 0 saturated carbocycles. The van der Waals surface area contributed by atoms with E-state index in [0.717, 1.165) is 0 Å². The Morgan fingerprint density at radius 1 is 1.53 bits per heavy atom. The Kier molecular flexibility index (Phi) is 2.72. The van der Waals surface area contributed by atoms with Crippen LogP contribution >= 0.6 is 15.9 Å². The van der Waals surface area contributed by atoms with Gasteiger partial charge in [0.25, 0.3) is 0 Å². The van der Waals surface area contributed by atoms with Crippen molar-refractivity contribution in [2.45, 2.75) is 0 Å². The topological polar surface area (TPSA) is 84.1 Å². The number of carbonyl (C=O) groups is 1. The summed E-state index contributed by atoms with van der Waals surface area (Å²) in [7, 11) is 0. The second-order valence-electron chi connectivity index (χ2n) is 3.19. The molecule has 1 saturated heterocycles. The third-order valence-corrected chi connectivity index (χ3v) is 2.43. The van der Waals surface area contributed by atoms with Gasteiger partial charge in [0, 0.05) is 19.2 Å². The minimum Gasteiger partial charge on any atom is -0.383 e. The molecular formula is C8H10BrN5O. The van der Waals surface area contributed by atoms with Crippen LogP contribution in [0.1, 0.15) is 0 Å². The lowest BCUT2D eigenvalue weighted by atomic mass is 10.4. The number of hydrogen-bond acceptors (Lipinski definition) is 5. The van der Waals surface area contributed by atoms with Gasteiger partial charge in [0.2, 0.25) is 11.9 Å². The van der Waals surface area contributed by atoms with Crippen LogP contribution in [0.4, 0.5) is 11.8 Å². The van der Waals surface area contributed by atoms with Gasteiger partial charge in [-0.3, -0.25) is 4.79 Å². The molecule has 1 aromatic heterocycles. The Balaban J connectivity index is 2.24. The van der Waals surface area contributed by atoms with Crippen molar-refractivity contribution in [3.05, 3.63) is 10.7 Å². The molecule has 1 aromatic rings. The van der Waals surface area contributed by atoms with E-state index in [9.17, 15) is 4.79 Å². The Bertz CT molecular complexity index is 376. The van der Waals surface area contributed by atoms with Crippen LogP contribution in [0.5, 0.6) is 0 Å². The summed E-state index contributed by atoms with van der Waals surface area (Å²) in [6, 6.07) is 1.62. The van der Waals surface area contributed by atoms with Crippen molar-refractivity contribution >= 4 is 33.6 Å². The van der Waals surface area contributed by atoms with E-state index in [1.165, 1.54) is 0 Å². The molecule has 2 heterocycles. The van der Waals surface area contributed by atoms with E-state index in [1.54, 1.807) is 11.0 Å². The molecule has 6 nitrogen and oxygen atoms in total. The van der Waals surface area contributed by atoms with Crippen molar-refractivity contribution in [2.24, 2.45) is 0 Å². The molecule has 7 heteroatoms. The third-order valence-electron chi connectivity index (χ3n) is 2.02. The van der Waals surface area contributed by atoms with Crippen LogP contribution in [0.15, 0.2) is 10.7 Å². The number of amides is 1. The largest absolute Gasteiger partial charge is 0.383 e. The molecule has 0 spiro atoms. The molecule has 1 aliphatic rings. The van der Waals surface area contributed by atoms with E-state index < -0.39 is 0 Å². The number of aromatic nitrogens is 2. The number of rotatable bonds is 1. The average Bonchev–Trinajstić information content (AvgIpc) is 2.16. The Labute approximate surface area is 95.0 Å². The number of nitrogens with one attached hydrogen (secondary N) is 1. The normalized spacial score (nSPS) is 16.3. The molecule has 1 aliphatic heterocycles. The van der Waals surface area contributed by atoms with Crippen molar-refractivity contribution in [3.63, 3.8) is 0 Å². The molecule has 0 radical (unpaired) electrons. The van der Waals surface area contributed by atoms with E-state index >= 15 is 0 Å². The predicted molar refractivity (Wildman–Crippen MR) is 59.4 cm³/mol. The Morgan fingerprint density at radius 3 is 3.00 bits per heavy atom. The minimum absolute atomic E-state index is 0.0246. The van der Waals surface area contributed by atoms with Crippen molar-refractivity contribution < 1.29 is 4.79 Å². The fraction of sp³-hybridized carbons (Fsp3) is 0.375. The smallest absolute Gasteiger partial charge is 0.239 e. The molecule has 2 rings (SSSR count). The standard InChI is InChI=1S/C8H10BrN5O/c9-5-3-6(10)13-8(12-5)14-2-1-11-7(15)4-14/h3H,1-2,4H2,(H,11,15)(H2,10,12,13). The highest BCUT2D eigenvalue weighted by Crippen LogP contribution is 2.16. The molecule has 3 N–H and O–H groups in total. The predicted octanol–water partition coefficient (Wildman–Crippen LogP) is -0.243. The van der Waals surface area contributed by atoms with Crippen LogP contribution in [0.3, 0.4) is 0 Å². The summed E-state index contributed by atoms with van der Waals surface area (Å²) < 4.78 is 0.621. The number of nitrogens with zero attached hydrogens (tertiary/aromatic N) is 3. The summed E-state index contributed by atoms with van der Waals surface area (Å²) in [5.74, 6) is 0.845. The first-order chi connectivity index (χ1) is 7.15. The number of nitrogen functional groups attached to an aromatic ring is 1. The van der Waals surface area contributed by atoms with Gasteiger partial charge >= 0.3 is 0 Å². The highest BCUT2D eigenvalue weighted by Gasteiger charge is 2.18. The van der Waals surface area contributed by atoms with Crippen LogP contribution in [-0.2, 0) is 4.79 Å². The molecule has 80 valence electrons. The van der Waals surface area contributed by atoms with E-state index in [-0.39, 0.29) is 12.5 Å². The zero-order chi connectivity index (χ0) is 10.8. The molecule has 0 unspecified atom stereocenters. The second kappa shape index (κ2) is 4.01. The van der Waals surface area contributed by atoms with Crippen molar-refractivity contribution in [1.82, 2.24) is 15.3 Å². The average molecular weight is 272 g/mol. The number of halogens is 1. The number of nitrogens with two attached hydrogens (primary N) is 1. The first-order valence-electron chi connectivity index (χ1n) is 4.47. The SMILES string of the molecule is Nc1cc(Br)nc(N2CCNC(=O)C2)n1. The molecular weight excluding hydrogens is 262 g/mol. The highest BCUT2D eigenvalue weighted by molar-refractivity contribution is 9.10. The van der Waals surface area contributed by atoms with E-state index in [1.807, 2.05) is 0 Å². The van der Waals surface area contributed by atoms with Gasteiger partial charge in [-0.15, -0.1) is 0 Å². The fourth-order valence-corrected chi connectivity index (χ4v) is 1.77. The Hall–Kier alpha value is -1.37. The fourth-order valence-electron chi connectivity index (χ4n) is 1.37. The maximum atomic E-state index is 11.2. The Morgan fingerprint density at radius 2 is 2.33 bits per heavy atom. The van der Waals surface area contributed by atoms with Gasteiger partial charge in [0.15, 0.2) is 0 Å². The molecule has 0 aromatic carbocycles. The third kappa shape index (κ3) is 2.35.